The van der Waals surface area contributed by atoms with Gasteiger partial charge in [-0.25, -0.2) is 18.1 Å². The number of hydrogen-bond donors (Lipinski definition) is 1. The van der Waals surface area contributed by atoms with Gasteiger partial charge in [0.15, 0.2) is 0 Å². The summed E-state index contributed by atoms with van der Waals surface area (Å²) in [7, 11) is -3.77. The summed E-state index contributed by atoms with van der Waals surface area (Å²) in [4.78, 5) is 4.25. The second-order valence-corrected chi connectivity index (χ2v) is 11.9. The van der Waals surface area contributed by atoms with Crippen LogP contribution < -0.4 is 9.46 Å². The van der Waals surface area contributed by atoms with Crippen molar-refractivity contribution in [2.75, 3.05) is 0 Å². The molecule has 4 rings (SSSR count). The number of halogens is 1. The van der Waals surface area contributed by atoms with Gasteiger partial charge in [0, 0.05) is 42.5 Å². The van der Waals surface area contributed by atoms with Crippen LogP contribution in [-0.4, -0.2) is 29.1 Å². The van der Waals surface area contributed by atoms with Crippen molar-refractivity contribution >= 4 is 21.6 Å². The molecule has 0 amide bonds. The van der Waals surface area contributed by atoms with E-state index in [1.165, 1.54) is 0 Å². The molecule has 0 spiro atoms. The number of hydrogen-bond acceptors (Lipinski definition) is 4. The van der Waals surface area contributed by atoms with Gasteiger partial charge in [-0.3, -0.25) is 0 Å². The Balaban J connectivity index is 1.76. The van der Waals surface area contributed by atoms with Crippen LogP contribution in [0.15, 0.2) is 53.7 Å². The zero-order valence-corrected chi connectivity index (χ0v) is 20.5. The first-order valence-electron chi connectivity index (χ1n) is 10.5. The van der Waals surface area contributed by atoms with Crippen LogP contribution in [0.5, 0.6) is 5.75 Å². The molecule has 0 fully saturated rings. The first-order valence-corrected chi connectivity index (χ1v) is 12.3. The van der Waals surface area contributed by atoms with Crippen molar-refractivity contribution in [3.8, 4) is 16.9 Å². The molecule has 32 heavy (non-hydrogen) atoms. The Morgan fingerprint density at radius 3 is 2.47 bits per heavy atom. The summed E-state index contributed by atoms with van der Waals surface area (Å²) in [5.41, 5.74) is 2.56. The molecule has 0 atom stereocenters. The van der Waals surface area contributed by atoms with Crippen molar-refractivity contribution < 1.29 is 13.2 Å². The summed E-state index contributed by atoms with van der Waals surface area (Å²) in [6.07, 6.45) is 4.20. The van der Waals surface area contributed by atoms with Gasteiger partial charge >= 0.3 is 0 Å². The molecule has 1 aliphatic heterocycles. The van der Waals surface area contributed by atoms with Gasteiger partial charge in [-0.2, -0.15) is 0 Å². The molecule has 0 unspecified atom stereocenters. The van der Waals surface area contributed by atoms with Crippen LogP contribution in [-0.2, 0) is 23.0 Å². The van der Waals surface area contributed by atoms with Crippen LogP contribution in [0.25, 0.3) is 11.1 Å². The molecule has 1 N–H and O–H groups in total. The number of imidazole rings is 1. The van der Waals surface area contributed by atoms with Gasteiger partial charge in [-0.05, 0) is 69.0 Å². The molecular formula is C24H28ClN3O3S. The number of fused-ring (bicyclic) bond motifs is 1. The molecule has 6 nitrogen and oxygen atoms in total. The minimum absolute atomic E-state index is 0.217. The van der Waals surface area contributed by atoms with Crippen molar-refractivity contribution in [3.05, 3.63) is 65.2 Å². The predicted molar refractivity (Wildman–Crippen MR) is 127 cm³/mol. The lowest BCUT2D eigenvalue weighted by Gasteiger charge is -2.22. The lowest BCUT2D eigenvalue weighted by Crippen LogP contribution is -2.40. The summed E-state index contributed by atoms with van der Waals surface area (Å²) in [5, 5.41) is 0.428. The lowest BCUT2D eigenvalue weighted by molar-refractivity contribution is 0.138. The highest BCUT2D eigenvalue weighted by molar-refractivity contribution is 7.89. The Bertz CT molecular complexity index is 1260. The largest absolute Gasteiger partial charge is 0.487 e. The number of nitrogens with zero attached hydrogens (tertiary/aromatic N) is 2. The van der Waals surface area contributed by atoms with Crippen molar-refractivity contribution in [1.82, 2.24) is 14.3 Å². The van der Waals surface area contributed by atoms with Gasteiger partial charge in [0.1, 0.15) is 11.4 Å². The van der Waals surface area contributed by atoms with Crippen molar-refractivity contribution in [1.29, 1.82) is 0 Å². The SMILES string of the molecule is CC(C)(C)NS(=O)(=O)c1cc2c(cc1-c1ccc(Cn3ccnc3Cl)cc1)CC(C)(C)O2. The van der Waals surface area contributed by atoms with E-state index in [9.17, 15) is 8.42 Å². The van der Waals surface area contributed by atoms with Crippen LogP contribution in [0.4, 0.5) is 0 Å². The normalized spacial score (nSPS) is 15.4. The first-order chi connectivity index (χ1) is 14.8. The topological polar surface area (TPSA) is 73.2 Å². The van der Waals surface area contributed by atoms with Gasteiger partial charge in [-0.15, -0.1) is 0 Å². The monoisotopic (exact) mass is 473 g/mol. The molecule has 1 aromatic heterocycles. The van der Waals surface area contributed by atoms with Gasteiger partial charge in [0.05, 0.1) is 4.90 Å². The second-order valence-electron chi connectivity index (χ2n) is 9.87. The van der Waals surface area contributed by atoms with Crippen molar-refractivity contribution in [2.24, 2.45) is 0 Å². The Kier molecular flexibility index (Phi) is 5.64. The van der Waals surface area contributed by atoms with Crippen LogP contribution in [0.1, 0.15) is 45.7 Å². The van der Waals surface area contributed by atoms with Crippen LogP contribution in [0, 0.1) is 0 Å². The van der Waals surface area contributed by atoms with Gasteiger partial charge in [-0.1, -0.05) is 24.3 Å². The quantitative estimate of drug-likeness (QED) is 0.563. The molecule has 2 aromatic carbocycles. The van der Waals surface area contributed by atoms with E-state index in [0.717, 1.165) is 23.1 Å². The Morgan fingerprint density at radius 1 is 1.19 bits per heavy atom. The molecule has 3 aromatic rings. The van der Waals surface area contributed by atoms with E-state index in [2.05, 4.69) is 9.71 Å². The summed E-state index contributed by atoms with van der Waals surface area (Å²) in [6, 6.07) is 11.5. The van der Waals surface area contributed by atoms with Gasteiger partial charge in [0.2, 0.25) is 15.3 Å². The summed E-state index contributed by atoms with van der Waals surface area (Å²) in [6.45, 7) is 10.1. The van der Waals surface area contributed by atoms with E-state index in [4.69, 9.17) is 16.3 Å². The zero-order valence-electron chi connectivity index (χ0n) is 18.9. The summed E-state index contributed by atoms with van der Waals surface area (Å²) >= 11 is 6.08. The second kappa shape index (κ2) is 7.90. The number of benzene rings is 2. The highest BCUT2D eigenvalue weighted by Crippen LogP contribution is 2.41. The molecule has 0 aliphatic carbocycles. The minimum Gasteiger partial charge on any atom is -0.487 e. The van der Waals surface area contributed by atoms with Crippen LogP contribution >= 0.6 is 11.6 Å². The Labute approximate surface area is 194 Å². The molecule has 170 valence electrons. The molecule has 1 aliphatic rings. The highest BCUT2D eigenvalue weighted by Gasteiger charge is 2.34. The molecule has 2 heterocycles. The van der Waals surface area contributed by atoms with E-state index in [1.54, 1.807) is 12.3 Å². The fraction of sp³-hybridized carbons (Fsp3) is 0.375. The molecular weight excluding hydrogens is 446 g/mol. The maximum atomic E-state index is 13.3. The zero-order chi connectivity index (χ0) is 23.3. The third-order valence-electron chi connectivity index (χ3n) is 5.18. The average Bonchev–Trinajstić information content (AvgIpc) is 3.19. The maximum Gasteiger partial charge on any atom is 0.241 e. The molecule has 0 saturated carbocycles. The number of nitrogens with one attached hydrogen (secondary N) is 1. The summed E-state index contributed by atoms with van der Waals surface area (Å²) < 4.78 is 37.3. The third kappa shape index (κ3) is 4.85. The first kappa shape index (κ1) is 22.8. The smallest absolute Gasteiger partial charge is 0.241 e. The molecule has 0 saturated heterocycles. The standard InChI is InChI=1S/C24H28ClN3O3S/c1-23(2,3)27-32(29,30)21-13-20-18(14-24(4,5)31-20)12-19(21)17-8-6-16(7-9-17)15-28-11-10-26-22(28)25/h6-13,27H,14-15H2,1-5H3. The predicted octanol–water partition coefficient (Wildman–Crippen LogP) is 5.04. The maximum absolute atomic E-state index is 13.3. The third-order valence-corrected chi connectivity index (χ3v) is 7.29. The number of sulfonamides is 1. The van der Waals surface area contributed by atoms with E-state index >= 15 is 0 Å². The number of rotatable bonds is 5. The van der Waals surface area contributed by atoms with E-state index in [-0.39, 0.29) is 10.5 Å². The van der Waals surface area contributed by atoms with Gasteiger partial charge < -0.3 is 9.30 Å². The fourth-order valence-electron chi connectivity index (χ4n) is 3.95. The molecule has 0 radical (unpaired) electrons. The van der Waals surface area contributed by atoms with E-state index in [1.807, 2.05) is 75.7 Å². The Hall–Kier alpha value is -2.35. The molecule has 8 heteroatoms. The average molecular weight is 474 g/mol. The van der Waals surface area contributed by atoms with Gasteiger partial charge in [0.25, 0.3) is 0 Å². The lowest BCUT2D eigenvalue weighted by atomic mass is 9.97. The van der Waals surface area contributed by atoms with Crippen molar-refractivity contribution in [3.63, 3.8) is 0 Å². The molecule has 0 bridgehead atoms. The number of ether oxygens (including phenoxy) is 1. The fourth-order valence-corrected chi connectivity index (χ4v) is 5.77. The van der Waals surface area contributed by atoms with E-state index in [0.29, 0.717) is 23.1 Å². The van der Waals surface area contributed by atoms with Crippen molar-refractivity contribution in [2.45, 2.75) is 63.6 Å². The minimum atomic E-state index is -3.77. The van der Waals surface area contributed by atoms with Crippen LogP contribution in [0.2, 0.25) is 5.28 Å². The highest BCUT2D eigenvalue weighted by atomic mass is 35.5. The van der Waals surface area contributed by atoms with Crippen LogP contribution in [0.3, 0.4) is 0 Å². The Morgan fingerprint density at radius 2 is 1.88 bits per heavy atom. The number of aromatic nitrogens is 2. The summed E-state index contributed by atoms with van der Waals surface area (Å²) in [5.74, 6) is 0.624. The van der Waals surface area contributed by atoms with E-state index < -0.39 is 15.6 Å².